The van der Waals surface area contributed by atoms with E-state index in [0.29, 0.717) is 19.3 Å². The molecule has 0 aliphatic rings. The average Bonchev–Trinajstić information content (AvgIpc) is 3.11. The summed E-state index contributed by atoms with van der Waals surface area (Å²) in [5, 5.41) is 0. The number of ether oxygens (including phenoxy) is 3. The van der Waals surface area contributed by atoms with E-state index in [1.807, 2.05) is 0 Å². The summed E-state index contributed by atoms with van der Waals surface area (Å²) in [7, 11) is 0. The zero-order valence-electron chi connectivity index (χ0n) is 34.6. The van der Waals surface area contributed by atoms with Crippen molar-refractivity contribution in [3.63, 3.8) is 0 Å². The van der Waals surface area contributed by atoms with Crippen molar-refractivity contribution in [2.45, 2.75) is 252 Å². The Kier molecular flexibility index (Phi) is 38.4. The third-order valence-corrected chi connectivity index (χ3v) is 10.0. The Bertz CT molecular complexity index is 766. The van der Waals surface area contributed by atoms with E-state index < -0.39 is 6.10 Å². The molecule has 0 aromatic carbocycles. The van der Waals surface area contributed by atoms with Gasteiger partial charge in [0.1, 0.15) is 13.2 Å². The third kappa shape index (κ3) is 39.5. The fourth-order valence-electron chi connectivity index (χ4n) is 6.63. The first-order valence-electron chi connectivity index (χ1n) is 22.4. The molecule has 0 N–H and O–H groups in total. The molecule has 51 heavy (non-hydrogen) atoms. The Morgan fingerprint density at radius 2 is 0.647 bits per heavy atom. The Morgan fingerprint density at radius 1 is 0.373 bits per heavy atom. The summed E-state index contributed by atoms with van der Waals surface area (Å²) < 4.78 is 16.6. The van der Waals surface area contributed by atoms with Crippen LogP contribution in [0.3, 0.4) is 0 Å². The third-order valence-electron chi connectivity index (χ3n) is 10.0. The first-order valence-corrected chi connectivity index (χ1v) is 22.4. The van der Waals surface area contributed by atoms with Crippen LogP contribution in [0.25, 0.3) is 0 Å². The van der Waals surface area contributed by atoms with Gasteiger partial charge in [0.15, 0.2) is 6.10 Å². The molecule has 0 bridgehead atoms. The summed E-state index contributed by atoms with van der Waals surface area (Å²) in [5.41, 5.74) is 0. The predicted octanol–water partition coefficient (Wildman–Crippen LogP) is 13.9. The lowest BCUT2D eigenvalue weighted by atomic mass is 10.0. The molecule has 0 unspecified atom stereocenters. The van der Waals surface area contributed by atoms with Gasteiger partial charge in [-0.15, -0.1) is 0 Å². The second-order valence-corrected chi connectivity index (χ2v) is 15.8. The first kappa shape index (κ1) is 49.4. The molecule has 0 aromatic rings. The van der Waals surface area contributed by atoms with Crippen molar-refractivity contribution in [3.8, 4) is 0 Å². The van der Waals surface area contributed by atoms with Crippen molar-refractivity contribution < 1.29 is 28.6 Å². The maximum Gasteiger partial charge on any atom is 0.306 e. The van der Waals surface area contributed by atoms with E-state index in [-0.39, 0.29) is 31.1 Å². The second-order valence-electron chi connectivity index (χ2n) is 15.8. The van der Waals surface area contributed by atoms with Crippen LogP contribution in [0, 0.1) is 5.92 Å². The van der Waals surface area contributed by atoms with Gasteiger partial charge in [-0.25, -0.2) is 0 Å². The van der Waals surface area contributed by atoms with Crippen molar-refractivity contribution in [2.24, 2.45) is 5.92 Å². The highest BCUT2D eigenvalue weighted by Crippen LogP contribution is 2.16. The SMILES string of the molecule is CCCCCCCCCCCCCCCCCC(=O)OC[C@@H](COC(=O)CCCCCCCCCCCCC(C)C)OC(=O)CCCCCCC. The molecule has 0 aromatic heterocycles. The van der Waals surface area contributed by atoms with E-state index in [4.69, 9.17) is 14.2 Å². The van der Waals surface area contributed by atoms with Crippen LogP contribution < -0.4 is 0 Å². The van der Waals surface area contributed by atoms with Gasteiger partial charge in [0.05, 0.1) is 0 Å². The number of carbonyl (C=O) groups excluding carboxylic acids is 3. The van der Waals surface area contributed by atoms with E-state index in [0.717, 1.165) is 70.1 Å². The number of hydrogen-bond donors (Lipinski definition) is 0. The number of hydrogen-bond acceptors (Lipinski definition) is 6. The van der Waals surface area contributed by atoms with Crippen molar-refractivity contribution in [3.05, 3.63) is 0 Å². The highest BCUT2D eigenvalue weighted by Gasteiger charge is 2.19. The lowest BCUT2D eigenvalue weighted by Crippen LogP contribution is -2.30. The molecule has 0 saturated heterocycles. The molecule has 0 rings (SSSR count). The minimum atomic E-state index is -0.757. The molecule has 0 amide bonds. The van der Waals surface area contributed by atoms with Crippen LogP contribution in [0.15, 0.2) is 0 Å². The molecular formula is C45H86O6. The van der Waals surface area contributed by atoms with Crippen molar-refractivity contribution >= 4 is 17.9 Å². The smallest absolute Gasteiger partial charge is 0.306 e. The van der Waals surface area contributed by atoms with Crippen LogP contribution in [0.2, 0.25) is 0 Å². The van der Waals surface area contributed by atoms with Gasteiger partial charge in [0.2, 0.25) is 0 Å². The molecule has 0 heterocycles. The predicted molar refractivity (Wildman–Crippen MR) is 215 cm³/mol. The summed E-state index contributed by atoms with van der Waals surface area (Å²) in [4.78, 5) is 37.4. The van der Waals surface area contributed by atoms with Crippen LogP contribution in [0.1, 0.15) is 246 Å². The van der Waals surface area contributed by atoms with E-state index in [1.54, 1.807) is 0 Å². The van der Waals surface area contributed by atoms with Crippen molar-refractivity contribution in [1.29, 1.82) is 0 Å². The zero-order chi connectivity index (χ0) is 37.5. The van der Waals surface area contributed by atoms with Gasteiger partial charge >= 0.3 is 17.9 Å². The normalized spacial score (nSPS) is 11.9. The maximum atomic E-state index is 12.5. The minimum absolute atomic E-state index is 0.0653. The molecule has 302 valence electrons. The molecule has 0 fully saturated rings. The van der Waals surface area contributed by atoms with Gasteiger partial charge in [0.25, 0.3) is 0 Å². The van der Waals surface area contributed by atoms with Crippen LogP contribution >= 0.6 is 0 Å². The van der Waals surface area contributed by atoms with E-state index in [2.05, 4.69) is 27.7 Å². The van der Waals surface area contributed by atoms with Gasteiger partial charge in [-0.2, -0.15) is 0 Å². The Balaban J connectivity index is 4.14. The number of rotatable bonds is 40. The summed E-state index contributed by atoms with van der Waals surface area (Å²) in [6, 6.07) is 0. The molecule has 6 nitrogen and oxygen atoms in total. The molecule has 1 atom stereocenters. The lowest BCUT2D eigenvalue weighted by Gasteiger charge is -2.18. The van der Waals surface area contributed by atoms with Gasteiger partial charge in [-0.3, -0.25) is 14.4 Å². The Hall–Kier alpha value is -1.59. The first-order chi connectivity index (χ1) is 24.9. The standard InChI is InChI=1S/C45H86O6/c1-5-7-9-11-12-13-14-15-16-17-18-22-25-29-32-36-43(46)49-39-42(51-45(48)38-34-27-10-8-6-2)40-50-44(47)37-33-30-26-23-20-19-21-24-28-31-35-41(3)4/h41-42H,5-40H2,1-4H3/t42-/m0/s1. The van der Waals surface area contributed by atoms with E-state index in [1.165, 1.54) is 135 Å². The zero-order valence-corrected chi connectivity index (χ0v) is 34.6. The monoisotopic (exact) mass is 723 g/mol. The van der Waals surface area contributed by atoms with Crippen LogP contribution in [0.5, 0.6) is 0 Å². The molecule has 0 spiro atoms. The van der Waals surface area contributed by atoms with Gasteiger partial charge in [-0.1, -0.05) is 207 Å². The lowest BCUT2D eigenvalue weighted by molar-refractivity contribution is -0.167. The highest BCUT2D eigenvalue weighted by molar-refractivity contribution is 5.71. The minimum Gasteiger partial charge on any atom is -0.462 e. The molecule has 0 aliphatic carbocycles. The summed E-state index contributed by atoms with van der Waals surface area (Å²) in [5.74, 6) is -0.0513. The highest BCUT2D eigenvalue weighted by atomic mass is 16.6. The van der Waals surface area contributed by atoms with Crippen molar-refractivity contribution in [1.82, 2.24) is 0 Å². The fourth-order valence-corrected chi connectivity index (χ4v) is 6.63. The Labute approximate surface area is 317 Å². The second kappa shape index (κ2) is 39.6. The number of esters is 3. The molecule has 0 radical (unpaired) electrons. The Morgan fingerprint density at radius 3 is 0.961 bits per heavy atom. The molecule has 0 saturated carbocycles. The van der Waals surface area contributed by atoms with Crippen LogP contribution in [-0.2, 0) is 28.6 Å². The quantitative estimate of drug-likeness (QED) is 0.0356. The average molecular weight is 723 g/mol. The molecular weight excluding hydrogens is 636 g/mol. The van der Waals surface area contributed by atoms with Crippen molar-refractivity contribution in [2.75, 3.05) is 13.2 Å². The molecule has 0 aliphatic heterocycles. The maximum absolute atomic E-state index is 12.5. The van der Waals surface area contributed by atoms with Gasteiger partial charge in [0, 0.05) is 19.3 Å². The van der Waals surface area contributed by atoms with E-state index >= 15 is 0 Å². The van der Waals surface area contributed by atoms with Crippen LogP contribution in [0.4, 0.5) is 0 Å². The van der Waals surface area contributed by atoms with Gasteiger partial charge in [-0.05, 0) is 25.2 Å². The number of unbranched alkanes of at least 4 members (excludes halogenated alkanes) is 27. The summed E-state index contributed by atoms with van der Waals surface area (Å²) in [6.07, 6.45) is 38.3. The van der Waals surface area contributed by atoms with Gasteiger partial charge < -0.3 is 14.2 Å². The number of carbonyl (C=O) groups is 3. The van der Waals surface area contributed by atoms with Crippen LogP contribution in [-0.4, -0.2) is 37.2 Å². The molecule has 6 heteroatoms. The largest absolute Gasteiger partial charge is 0.462 e. The topological polar surface area (TPSA) is 78.9 Å². The fraction of sp³-hybridized carbons (Fsp3) is 0.933. The van der Waals surface area contributed by atoms with E-state index in [9.17, 15) is 14.4 Å². The summed E-state index contributed by atoms with van der Waals surface area (Å²) >= 11 is 0. The summed E-state index contributed by atoms with van der Waals surface area (Å²) in [6.45, 7) is 8.90.